The standard InChI is InChI=1S/C21H22N2O6/c1-13(20(25)26)29-23-19(24)10-11-22-21(27)28-12-18-16-8-4-2-6-14(16)15-7-3-5-9-17(15)18/h2-9,13,18H,10-12H2,1H3,(H,22,27)(H,23,24)(H,25,26). The van der Waals surface area contributed by atoms with Gasteiger partial charge in [-0.25, -0.2) is 15.1 Å². The SMILES string of the molecule is CC(ONC(=O)CCNC(=O)OCC1c2ccccc2-c2ccccc21)C(=O)O. The van der Waals surface area contributed by atoms with Gasteiger partial charge in [0, 0.05) is 18.9 Å². The van der Waals surface area contributed by atoms with E-state index >= 15 is 0 Å². The van der Waals surface area contributed by atoms with Crippen LogP contribution in [0.4, 0.5) is 4.79 Å². The molecule has 1 atom stereocenters. The van der Waals surface area contributed by atoms with Gasteiger partial charge in [-0.2, -0.15) is 0 Å². The van der Waals surface area contributed by atoms with Gasteiger partial charge < -0.3 is 15.2 Å². The zero-order valence-corrected chi connectivity index (χ0v) is 15.9. The first-order valence-corrected chi connectivity index (χ1v) is 9.23. The Hall–Kier alpha value is -3.39. The highest BCUT2D eigenvalue weighted by Crippen LogP contribution is 2.44. The van der Waals surface area contributed by atoms with E-state index in [1.54, 1.807) is 0 Å². The van der Waals surface area contributed by atoms with Gasteiger partial charge in [0.05, 0.1) is 0 Å². The van der Waals surface area contributed by atoms with Gasteiger partial charge >= 0.3 is 12.1 Å². The first kappa shape index (κ1) is 20.3. The van der Waals surface area contributed by atoms with Gasteiger partial charge in [-0.15, -0.1) is 0 Å². The molecule has 3 N–H and O–H groups in total. The van der Waals surface area contributed by atoms with Crippen LogP contribution in [-0.2, 0) is 19.2 Å². The number of carboxylic acid groups (broad SMARTS) is 1. The molecule has 0 saturated heterocycles. The Bertz CT molecular complexity index is 868. The summed E-state index contributed by atoms with van der Waals surface area (Å²) in [6.07, 6.45) is -1.86. The van der Waals surface area contributed by atoms with Crippen molar-refractivity contribution in [2.75, 3.05) is 13.2 Å². The predicted molar refractivity (Wildman–Crippen MR) is 104 cm³/mol. The summed E-state index contributed by atoms with van der Waals surface area (Å²) in [5.41, 5.74) is 6.54. The van der Waals surface area contributed by atoms with Gasteiger partial charge in [0.2, 0.25) is 5.91 Å². The van der Waals surface area contributed by atoms with Crippen LogP contribution in [-0.4, -0.2) is 42.3 Å². The Morgan fingerprint density at radius 1 is 1.03 bits per heavy atom. The molecule has 0 spiro atoms. The van der Waals surface area contributed by atoms with Crippen molar-refractivity contribution in [3.05, 3.63) is 59.7 Å². The molecule has 0 radical (unpaired) electrons. The molecule has 152 valence electrons. The van der Waals surface area contributed by atoms with Crippen LogP contribution in [0, 0.1) is 0 Å². The summed E-state index contributed by atoms with van der Waals surface area (Å²) in [4.78, 5) is 38.8. The van der Waals surface area contributed by atoms with Crippen LogP contribution >= 0.6 is 0 Å². The number of carboxylic acids is 1. The summed E-state index contributed by atoms with van der Waals surface area (Å²) < 4.78 is 5.36. The lowest BCUT2D eigenvalue weighted by molar-refractivity contribution is -0.158. The molecule has 0 bridgehead atoms. The maximum Gasteiger partial charge on any atom is 0.407 e. The number of rotatable bonds is 8. The molecule has 2 aromatic carbocycles. The molecule has 1 aliphatic carbocycles. The van der Waals surface area contributed by atoms with Crippen molar-refractivity contribution in [2.24, 2.45) is 0 Å². The number of carbonyl (C=O) groups excluding carboxylic acids is 2. The Morgan fingerprint density at radius 3 is 2.21 bits per heavy atom. The van der Waals surface area contributed by atoms with Crippen molar-refractivity contribution in [2.45, 2.75) is 25.4 Å². The summed E-state index contributed by atoms with van der Waals surface area (Å²) in [6.45, 7) is 1.51. The minimum atomic E-state index is -1.19. The van der Waals surface area contributed by atoms with Crippen molar-refractivity contribution in [1.82, 2.24) is 10.8 Å². The fourth-order valence-corrected chi connectivity index (χ4v) is 3.18. The minimum Gasteiger partial charge on any atom is -0.479 e. The van der Waals surface area contributed by atoms with Crippen molar-refractivity contribution in [1.29, 1.82) is 0 Å². The molecule has 1 unspecified atom stereocenters. The number of amides is 2. The van der Waals surface area contributed by atoms with Gasteiger partial charge in [0.25, 0.3) is 0 Å². The van der Waals surface area contributed by atoms with E-state index in [4.69, 9.17) is 9.84 Å². The molecule has 0 aromatic heterocycles. The van der Waals surface area contributed by atoms with Gasteiger partial charge in [-0.3, -0.25) is 9.63 Å². The third kappa shape index (κ3) is 4.91. The summed E-state index contributed by atoms with van der Waals surface area (Å²) in [6, 6.07) is 16.1. The largest absolute Gasteiger partial charge is 0.479 e. The zero-order valence-electron chi connectivity index (χ0n) is 15.9. The van der Waals surface area contributed by atoms with E-state index in [0.29, 0.717) is 0 Å². The number of alkyl carbamates (subject to hydrolysis) is 1. The smallest absolute Gasteiger partial charge is 0.407 e. The lowest BCUT2D eigenvalue weighted by atomic mass is 9.98. The monoisotopic (exact) mass is 398 g/mol. The summed E-state index contributed by atoms with van der Waals surface area (Å²) in [5.74, 6) is -1.78. The van der Waals surface area contributed by atoms with E-state index in [2.05, 4.69) is 22.3 Å². The molecule has 0 aliphatic heterocycles. The number of hydrogen-bond donors (Lipinski definition) is 3. The van der Waals surface area contributed by atoms with E-state index in [1.807, 2.05) is 41.9 Å². The molecule has 29 heavy (non-hydrogen) atoms. The third-order valence-corrected chi connectivity index (χ3v) is 4.66. The molecule has 2 amide bonds. The molecule has 1 aliphatic rings. The van der Waals surface area contributed by atoms with Crippen LogP contribution in [0.5, 0.6) is 0 Å². The van der Waals surface area contributed by atoms with Crippen molar-refractivity contribution < 1.29 is 29.1 Å². The van der Waals surface area contributed by atoms with Crippen LogP contribution in [0.3, 0.4) is 0 Å². The highest BCUT2D eigenvalue weighted by molar-refractivity contribution is 5.79. The number of ether oxygens (including phenoxy) is 1. The number of nitrogens with one attached hydrogen (secondary N) is 2. The van der Waals surface area contributed by atoms with Gasteiger partial charge in [-0.1, -0.05) is 48.5 Å². The normalized spacial score (nSPS) is 13.1. The molecule has 8 heteroatoms. The number of hydroxylamine groups is 1. The molecular formula is C21H22N2O6. The van der Waals surface area contributed by atoms with E-state index < -0.39 is 24.1 Å². The molecule has 0 fully saturated rings. The summed E-state index contributed by atoms with van der Waals surface area (Å²) >= 11 is 0. The Labute approximate surface area is 167 Å². The molecule has 2 aromatic rings. The Kier molecular flexibility index (Phi) is 6.46. The van der Waals surface area contributed by atoms with Crippen molar-refractivity contribution >= 4 is 18.0 Å². The van der Waals surface area contributed by atoms with E-state index in [-0.39, 0.29) is 25.5 Å². The van der Waals surface area contributed by atoms with E-state index in [1.165, 1.54) is 6.92 Å². The average Bonchev–Trinajstić information content (AvgIpc) is 3.04. The van der Waals surface area contributed by atoms with Crippen LogP contribution in [0.15, 0.2) is 48.5 Å². The second kappa shape index (κ2) is 9.20. The molecule has 8 nitrogen and oxygen atoms in total. The second-order valence-electron chi connectivity index (χ2n) is 6.63. The minimum absolute atomic E-state index is 0.0350. The summed E-state index contributed by atoms with van der Waals surface area (Å²) in [5, 5.41) is 11.2. The summed E-state index contributed by atoms with van der Waals surface area (Å²) in [7, 11) is 0. The lowest BCUT2D eigenvalue weighted by Gasteiger charge is -2.14. The maximum atomic E-state index is 12.0. The quantitative estimate of drug-likeness (QED) is 0.589. The lowest BCUT2D eigenvalue weighted by Crippen LogP contribution is -2.35. The molecular weight excluding hydrogens is 376 g/mol. The Balaban J connectivity index is 1.46. The fourth-order valence-electron chi connectivity index (χ4n) is 3.18. The second-order valence-corrected chi connectivity index (χ2v) is 6.63. The third-order valence-electron chi connectivity index (χ3n) is 4.66. The van der Waals surface area contributed by atoms with Gasteiger partial charge in [0.15, 0.2) is 6.10 Å². The number of carbonyl (C=O) groups is 3. The molecule has 3 rings (SSSR count). The van der Waals surface area contributed by atoms with Crippen LogP contribution in [0.25, 0.3) is 11.1 Å². The van der Waals surface area contributed by atoms with Gasteiger partial charge in [-0.05, 0) is 29.2 Å². The number of benzene rings is 2. The molecule has 0 saturated carbocycles. The number of aliphatic carboxylic acids is 1. The van der Waals surface area contributed by atoms with Gasteiger partial charge in [0.1, 0.15) is 6.61 Å². The van der Waals surface area contributed by atoms with E-state index in [9.17, 15) is 14.4 Å². The maximum absolute atomic E-state index is 12.0. The highest BCUT2D eigenvalue weighted by atomic mass is 16.7. The highest BCUT2D eigenvalue weighted by Gasteiger charge is 2.28. The van der Waals surface area contributed by atoms with Crippen molar-refractivity contribution in [3.63, 3.8) is 0 Å². The van der Waals surface area contributed by atoms with E-state index in [0.717, 1.165) is 22.3 Å². The van der Waals surface area contributed by atoms with Crippen molar-refractivity contribution in [3.8, 4) is 11.1 Å². The fraction of sp³-hybridized carbons (Fsp3) is 0.286. The zero-order chi connectivity index (χ0) is 20.8. The van der Waals surface area contributed by atoms with Crippen LogP contribution < -0.4 is 10.8 Å². The number of fused-ring (bicyclic) bond motifs is 3. The predicted octanol–water partition coefficient (Wildman–Crippen LogP) is 2.44. The van der Waals surface area contributed by atoms with Crippen LogP contribution in [0.2, 0.25) is 0 Å². The Morgan fingerprint density at radius 2 is 1.62 bits per heavy atom. The first-order chi connectivity index (χ1) is 14.0. The average molecular weight is 398 g/mol. The van der Waals surface area contributed by atoms with Crippen LogP contribution in [0.1, 0.15) is 30.4 Å². The number of hydrogen-bond acceptors (Lipinski definition) is 5. The molecule has 0 heterocycles. The first-order valence-electron chi connectivity index (χ1n) is 9.23. The topological polar surface area (TPSA) is 114 Å².